The zero-order valence-corrected chi connectivity index (χ0v) is 22.5. The number of nitrogens with zero attached hydrogens (tertiary/aromatic N) is 1. The molecule has 0 saturated heterocycles. The van der Waals surface area contributed by atoms with Gasteiger partial charge < -0.3 is 18.8 Å². The van der Waals surface area contributed by atoms with Gasteiger partial charge in [0.15, 0.2) is 16.9 Å². The van der Waals surface area contributed by atoms with Crippen LogP contribution >= 0.6 is 11.6 Å². The van der Waals surface area contributed by atoms with E-state index >= 15 is 0 Å². The van der Waals surface area contributed by atoms with E-state index in [4.69, 9.17) is 25.5 Å². The number of benzene rings is 3. The van der Waals surface area contributed by atoms with E-state index in [0.29, 0.717) is 52.8 Å². The molecule has 0 fully saturated rings. The average Bonchev–Trinajstić information content (AvgIpc) is 3.20. The molecule has 0 N–H and O–H groups in total. The topological polar surface area (TPSA) is 69.0 Å². The second-order valence-electron chi connectivity index (χ2n) is 9.44. The molecular weight excluding hydrogens is 502 g/mol. The zero-order valence-electron chi connectivity index (χ0n) is 21.8. The Hall–Kier alpha value is -3.77. The van der Waals surface area contributed by atoms with Crippen LogP contribution in [0, 0.1) is 6.92 Å². The van der Waals surface area contributed by atoms with Crippen LogP contribution in [0.4, 0.5) is 0 Å². The Labute approximate surface area is 226 Å². The summed E-state index contributed by atoms with van der Waals surface area (Å²) >= 11 is 6.35. The maximum absolute atomic E-state index is 13.8. The molecular formula is C31H30ClNO5. The standard InChI is InChI=1S/C31H30ClNO5/c1-4-6-14-33-28(27-29(34)22-17-23(32)19(3)15-25(22)38-30(27)31(33)35)21-12-13-24(26(16-21)36-5-2)37-18-20-10-8-7-9-11-20/h7-13,15-17,28H,4-6,14,18H2,1-3H3. The first-order valence-electron chi connectivity index (χ1n) is 12.9. The SMILES string of the molecule is CCCCN1C(=O)c2oc3cc(C)c(Cl)cc3c(=O)c2C1c1ccc(OCc2ccccc2)c(OCC)c1. The highest BCUT2D eigenvalue weighted by Gasteiger charge is 2.42. The molecule has 1 aromatic heterocycles. The monoisotopic (exact) mass is 531 g/mol. The van der Waals surface area contributed by atoms with E-state index in [1.165, 1.54) is 0 Å². The fourth-order valence-electron chi connectivity index (χ4n) is 4.86. The predicted octanol–water partition coefficient (Wildman–Crippen LogP) is 7.08. The smallest absolute Gasteiger partial charge is 0.290 e. The number of carbonyl (C=O) groups excluding carboxylic acids is 1. The Balaban J connectivity index is 1.61. The summed E-state index contributed by atoms with van der Waals surface area (Å²) < 4.78 is 18.1. The maximum Gasteiger partial charge on any atom is 0.290 e. The van der Waals surface area contributed by atoms with Crippen molar-refractivity contribution < 1.29 is 18.7 Å². The van der Waals surface area contributed by atoms with Gasteiger partial charge in [0.25, 0.3) is 5.91 Å². The lowest BCUT2D eigenvalue weighted by atomic mass is 9.97. The highest BCUT2D eigenvalue weighted by Crippen LogP contribution is 2.41. The number of carbonyl (C=O) groups is 1. The van der Waals surface area contributed by atoms with Gasteiger partial charge in [0, 0.05) is 11.6 Å². The van der Waals surface area contributed by atoms with Gasteiger partial charge in [0.05, 0.1) is 23.6 Å². The molecule has 1 unspecified atom stereocenters. The van der Waals surface area contributed by atoms with Crippen LogP contribution < -0.4 is 14.9 Å². The van der Waals surface area contributed by atoms with E-state index in [0.717, 1.165) is 29.5 Å². The van der Waals surface area contributed by atoms with Crippen molar-refractivity contribution in [3.63, 3.8) is 0 Å². The molecule has 2 heterocycles. The summed E-state index contributed by atoms with van der Waals surface area (Å²) in [6, 6.07) is 18.2. The highest BCUT2D eigenvalue weighted by atomic mass is 35.5. The number of aryl methyl sites for hydroxylation is 1. The minimum atomic E-state index is -0.604. The summed E-state index contributed by atoms with van der Waals surface area (Å²) in [6.07, 6.45) is 1.70. The van der Waals surface area contributed by atoms with E-state index in [1.807, 2.05) is 62.4 Å². The van der Waals surface area contributed by atoms with Gasteiger partial charge >= 0.3 is 0 Å². The third-order valence-electron chi connectivity index (χ3n) is 6.82. The van der Waals surface area contributed by atoms with E-state index in [2.05, 4.69) is 6.92 Å². The molecule has 7 heteroatoms. The zero-order chi connectivity index (χ0) is 26.8. The van der Waals surface area contributed by atoms with Crippen LogP contribution in [-0.2, 0) is 6.61 Å². The molecule has 38 heavy (non-hydrogen) atoms. The molecule has 0 radical (unpaired) electrons. The van der Waals surface area contributed by atoms with Crippen molar-refractivity contribution in [3.8, 4) is 11.5 Å². The first-order valence-corrected chi connectivity index (χ1v) is 13.3. The highest BCUT2D eigenvalue weighted by molar-refractivity contribution is 6.32. The number of ether oxygens (including phenoxy) is 2. The maximum atomic E-state index is 13.8. The fraction of sp³-hybridized carbons (Fsp3) is 0.290. The first kappa shape index (κ1) is 25.9. The third kappa shape index (κ3) is 4.76. The van der Waals surface area contributed by atoms with Gasteiger partial charge in [-0.25, -0.2) is 0 Å². The summed E-state index contributed by atoms with van der Waals surface area (Å²) in [5.41, 5.74) is 3.02. The number of hydrogen-bond donors (Lipinski definition) is 0. The molecule has 0 spiro atoms. The number of unbranched alkanes of at least 4 members (excludes halogenated alkanes) is 1. The molecule has 5 rings (SSSR count). The summed E-state index contributed by atoms with van der Waals surface area (Å²) in [7, 11) is 0. The van der Waals surface area contributed by atoms with Crippen molar-refractivity contribution in [3.05, 3.63) is 104 Å². The van der Waals surface area contributed by atoms with Crippen molar-refractivity contribution in [2.75, 3.05) is 13.2 Å². The molecule has 4 aromatic rings. The van der Waals surface area contributed by atoms with Gasteiger partial charge in [-0.05, 0) is 61.2 Å². The van der Waals surface area contributed by atoms with E-state index in [9.17, 15) is 9.59 Å². The normalized spacial score (nSPS) is 14.7. The third-order valence-corrected chi connectivity index (χ3v) is 7.23. The van der Waals surface area contributed by atoms with Crippen molar-refractivity contribution in [2.45, 2.75) is 46.3 Å². The lowest BCUT2D eigenvalue weighted by molar-refractivity contribution is 0.0725. The Bertz CT molecular complexity index is 1550. The minimum absolute atomic E-state index is 0.0905. The number of hydrogen-bond acceptors (Lipinski definition) is 5. The van der Waals surface area contributed by atoms with E-state index in [1.54, 1.807) is 17.0 Å². The number of amides is 1. The number of fused-ring (bicyclic) bond motifs is 2. The lowest BCUT2D eigenvalue weighted by Gasteiger charge is -2.26. The molecule has 1 atom stereocenters. The molecule has 1 amide bonds. The molecule has 1 aliphatic heterocycles. The second-order valence-corrected chi connectivity index (χ2v) is 9.85. The van der Waals surface area contributed by atoms with Crippen LogP contribution in [0.15, 0.2) is 69.9 Å². The quantitative estimate of drug-likeness (QED) is 0.231. The molecule has 0 aliphatic carbocycles. The largest absolute Gasteiger partial charge is 0.490 e. The summed E-state index contributed by atoms with van der Waals surface area (Å²) in [5, 5.41) is 0.842. The van der Waals surface area contributed by atoms with Gasteiger partial charge in [-0.2, -0.15) is 0 Å². The Morgan fingerprint density at radius 1 is 0.974 bits per heavy atom. The summed E-state index contributed by atoms with van der Waals surface area (Å²) in [5.74, 6) is 0.957. The average molecular weight is 532 g/mol. The molecule has 1 aliphatic rings. The molecule has 196 valence electrons. The molecule has 6 nitrogen and oxygen atoms in total. The van der Waals surface area contributed by atoms with Crippen molar-refractivity contribution in [1.29, 1.82) is 0 Å². The Morgan fingerprint density at radius 2 is 1.76 bits per heavy atom. The Morgan fingerprint density at radius 3 is 2.50 bits per heavy atom. The van der Waals surface area contributed by atoms with Gasteiger partial charge in [0.1, 0.15) is 12.2 Å². The van der Waals surface area contributed by atoms with Crippen LogP contribution in [0.2, 0.25) is 5.02 Å². The first-order chi connectivity index (χ1) is 18.4. The molecule has 0 bridgehead atoms. The molecule has 3 aromatic carbocycles. The predicted molar refractivity (Wildman–Crippen MR) is 148 cm³/mol. The van der Waals surface area contributed by atoms with Crippen LogP contribution in [-0.4, -0.2) is 24.0 Å². The summed E-state index contributed by atoms with van der Waals surface area (Å²) in [4.78, 5) is 29.1. The minimum Gasteiger partial charge on any atom is -0.490 e. The van der Waals surface area contributed by atoms with E-state index < -0.39 is 6.04 Å². The van der Waals surface area contributed by atoms with Crippen LogP contribution in [0.5, 0.6) is 11.5 Å². The van der Waals surface area contributed by atoms with Gasteiger partial charge in [-0.15, -0.1) is 0 Å². The summed E-state index contributed by atoms with van der Waals surface area (Å²) in [6.45, 7) is 7.14. The number of halogens is 1. The molecule has 0 saturated carbocycles. The fourth-order valence-corrected chi connectivity index (χ4v) is 5.03. The Kier molecular flexibility index (Phi) is 7.43. The van der Waals surface area contributed by atoms with Crippen LogP contribution in [0.1, 0.15) is 65.5 Å². The van der Waals surface area contributed by atoms with Gasteiger partial charge in [0.2, 0.25) is 5.76 Å². The van der Waals surface area contributed by atoms with Crippen molar-refractivity contribution >= 4 is 28.5 Å². The van der Waals surface area contributed by atoms with Crippen molar-refractivity contribution in [1.82, 2.24) is 4.90 Å². The second kappa shape index (κ2) is 10.9. The van der Waals surface area contributed by atoms with Gasteiger partial charge in [-0.1, -0.05) is 61.3 Å². The van der Waals surface area contributed by atoms with Crippen LogP contribution in [0.25, 0.3) is 11.0 Å². The van der Waals surface area contributed by atoms with Gasteiger partial charge in [-0.3, -0.25) is 9.59 Å². The van der Waals surface area contributed by atoms with Crippen LogP contribution in [0.3, 0.4) is 0 Å². The van der Waals surface area contributed by atoms with Crippen molar-refractivity contribution in [2.24, 2.45) is 0 Å². The van der Waals surface area contributed by atoms with E-state index in [-0.39, 0.29) is 17.1 Å². The lowest BCUT2D eigenvalue weighted by Crippen LogP contribution is -2.30. The number of rotatable bonds is 9.